The van der Waals surface area contributed by atoms with E-state index in [1.54, 1.807) is 0 Å². The maximum absolute atomic E-state index is 13.6. The van der Waals surface area contributed by atoms with Crippen molar-refractivity contribution in [1.82, 2.24) is 19.9 Å². The zero-order valence-corrected chi connectivity index (χ0v) is 10.9. The number of nitrogens with two attached hydrogens (primary N) is 1. The summed E-state index contributed by atoms with van der Waals surface area (Å²) in [4.78, 5) is 14.9. The van der Waals surface area contributed by atoms with Crippen molar-refractivity contribution in [2.45, 2.75) is 10.8 Å². The van der Waals surface area contributed by atoms with Crippen molar-refractivity contribution < 1.29 is 8.78 Å². The Morgan fingerprint density at radius 1 is 1.25 bits per heavy atom. The van der Waals surface area contributed by atoms with Crippen molar-refractivity contribution in [3.63, 3.8) is 0 Å². The first-order valence-corrected chi connectivity index (χ1v) is 6.66. The van der Waals surface area contributed by atoms with Gasteiger partial charge in [0.2, 0.25) is 5.95 Å². The number of thioether (sulfide) groups is 1. The Hall–Kier alpha value is -2.22. The van der Waals surface area contributed by atoms with Crippen molar-refractivity contribution in [2.24, 2.45) is 0 Å². The number of nitrogen functional groups attached to an aromatic ring is 1. The average Bonchev–Trinajstić information content (AvgIpc) is 2.88. The van der Waals surface area contributed by atoms with Crippen LogP contribution in [0.1, 0.15) is 5.56 Å². The number of nitrogens with zero attached hydrogens (tertiary/aromatic N) is 3. The summed E-state index contributed by atoms with van der Waals surface area (Å²) in [5, 5.41) is 0.550. The fourth-order valence-electron chi connectivity index (χ4n) is 1.73. The zero-order chi connectivity index (χ0) is 14.1. The summed E-state index contributed by atoms with van der Waals surface area (Å²) < 4.78 is 26.7. The Bertz CT molecular complexity index is 774. The van der Waals surface area contributed by atoms with E-state index in [0.29, 0.717) is 16.2 Å². The van der Waals surface area contributed by atoms with Crippen LogP contribution in [0.3, 0.4) is 0 Å². The highest BCUT2D eigenvalue weighted by atomic mass is 32.2. The van der Waals surface area contributed by atoms with Crippen molar-refractivity contribution in [2.75, 3.05) is 5.73 Å². The molecule has 0 amide bonds. The highest BCUT2D eigenvalue weighted by Crippen LogP contribution is 2.28. The Kier molecular flexibility index (Phi) is 3.23. The molecule has 3 rings (SSSR count). The molecule has 0 bridgehead atoms. The summed E-state index contributed by atoms with van der Waals surface area (Å²) in [6.07, 6.45) is 1.48. The molecule has 0 spiro atoms. The van der Waals surface area contributed by atoms with Crippen LogP contribution in [0.5, 0.6) is 0 Å². The summed E-state index contributed by atoms with van der Waals surface area (Å²) in [6, 6.07) is 4.08. The Balaban J connectivity index is 1.90. The molecule has 0 atom stereocenters. The topological polar surface area (TPSA) is 80.5 Å². The molecule has 0 aliphatic heterocycles. The van der Waals surface area contributed by atoms with E-state index in [4.69, 9.17) is 5.73 Å². The standard InChI is InChI=1S/C12H9F2N5S/c13-7-3-1-2-6(8(7)14)4-20-11-9-10(17-5-16-9)18-12(15)19-11/h1-3,5H,4H2,(H3,15,16,17,18,19). The SMILES string of the molecule is Nc1nc(SCc2cccc(F)c2F)c2[nH]cnc2n1. The first-order valence-electron chi connectivity index (χ1n) is 5.67. The summed E-state index contributed by atoms with van der Waals surface area (Å²) in [6.45, 7) is 0. The Labute approximate surface area is 116 Å². The van der Waals surface area contributed by atoms with Crippen LogP contribution in [0.15, 0.2) is 29.6 Å². The van der Waals surface area contributed by atoms with Crippen LogP contribution in [-0.4, -0.2) is 19.9 Å². The maximum atomic E-state index is 13.6. The van der Waals surface area contributed by atoms with Gasteiger partial charge in [-0.1, -0.05) is 23.9 Å². The Morgan fingerprint density at radius 2 is 2.10 bits per heavy atom. The minimum absolute atomic E-state index is 0.0896. The van der Waals surface area contributed by atoms with Gasteiger partial charge in [-0.3, -0.25) is 0 Å². The highest BCUT2D eigenvalue weighted by Gasteiger charge is 2.12. The number of benzene rings is 1. The summed E-state index contributed by atoms with van der Waals surface area (Å²) in [7, 11) is 0. The van der Waals surface area contributed by atoms with Crippen molar-refractivity contribution in [3.05, 3.63) is 41.7 Å². The molecule has 2 aromatic heterocycles. The fourth-order valence-corrected chi connectivity index (χ4v) is 2.70. The van der Waals surface area contributed by atoms with Crippen LogP contribution in [0, 0.1) is 11.6 Å². The van der Waals surface area contributed by atoms with E-state index in [0.717, 1.165) is 6.07 Å². The smallest absolute Gasteiger partial charge is 0.223 e. The number of anilines is 1. The third-order valence-corrected chi connectivity index (χ3v) is 3.69. The molecule has 0 aliphatic rings. The lowest BCUT2D eigenvalue weighted by molar-refractivity contribution is 0.502. The second-order valence-electron chi connectivity index (χ2n) is 3.99. The normalized spacial score (nSPS) is 11.1. The van der Waals surface area contributed by atoms with Gasteiger partial charge in [0.1, 0.15) is 10.5 Å². The molecule has 0 fully saturated rings. The van der Waals surface area contributed by atoms with Crippen LogP contribution in [0.4, 0.5) is 14.7 Å². The number of rotatable bonds is 3. The lowest BCUT2D eigenvalue weighted by atomic mass is 10.2. The zero-order valence-electron chi connectivity index (χ0n) is 10.1. The molecule has 8 heteroatoms. The number of imidazole rings is 1. The van der Waals surface area contributed by atoms with Crippen LogP contribution >= 0.6 is 11.8 Å². The van der Waals surface area contributed by atoms with E-state index >= 15 is 0 Å². The van der Waals surface area contributed by atoms with Crippen molar-refractivity contribution >= 4 is 28.9 Å². The van der Waals surface area contributed by atoms with Gasteiger partial charge in [0.05, 0.1) is 6.33 Å². The third-order valence-electron chi connectivity index (χ3n) is 2.67. The molecule has 0 radical (unpaired) electrons. The molecular formula is C12H9F2N5S. The number of aromatic amines is 1. The van der Waals surface area contributed by atoms with E-state index in [1.165, 1.54) is 30.2 Å². The van der Waals surface area contributed by atoms with E-state index in [9.17, 15) is 8.78 Å². The van der Waals surface area contributed by atoms with Gasteiger partial charge < -0.3 is 10.7 Å². The molecule has 102 valence electrons. The minimum Gasteiger partial charge on any atom is -0.368 e. The van der Waals surface area contributed by atoms with Crippen LogP contribution in [-0.2, 0) is 5.75 Å². The number of aromatic nitrogens is 4. The monoisotopic (exact) mass is 293 g/mol. The molecule has 5 nitrogen and oxygen atoms in total. The molecular weight excluding hydrogens is 284 g/mol. The van der Waals surface area contributed by atoms with Gasteiger partial charge in [-0.15, -0.1) is 0 Å². The second kappa shape index (κ2) is 5.04. The molecule has 0 saturated carbocycles. The highest BCUT2D eigenvalue weighted by molar-refractivity contribution is 7.98. The van der Waals surface area contributed by atoms with Crippen LogP contribution in [0.25, 0.3) is 11.2 Å². The summed E-state index contributed by atoms with van der Waals surface area (Å²) in [5.74, 6) is -1.39. The third kappa shape index (κ3) is 2.29. The maximum Gasteiger partial charge on any atom is 0.223 e. The first-order chi connectivity index (χ1) is 9.65. The van der Waals surface area contributed by atoms with Gasteiger partial charge in [-0.2, -0.15) is 4.98 Å². The van der Waals surface area contributed by atoms with E-state index in [-0.39, 0.29) is 17.3 Å². The summed E-state index contributed by atoms with van der Waals surface area (Å²) in [5.41, 5.74) is 6.92. The van der Waals surface area contributed by atoms with Crippen LogP contribution in [0.2, 0.25) is 0 Å². The molecule has 0 unspecified atom stereocenters. The molecule has 0 aliphatic carbocycles. The molecule has 0 saturated heterocycles. The van der Waals surface area contributed by atoms with E-state index in [1.807, 2.05) is 0 Å². The molecule has 2 heterocycles. The molecule has 3 aromatic rings. The van der Waals surface area contributed by atoms with Crippen molar-refractivity contribution in [3.8, 4) is 0 Å². The van der Waals surface area contributed by atoms with Gasteiger partial charge in [0.25, 0.3) is 0 Å². The number of nitrogens with one attached hydrogen (secondary N) is 1. The number of hydrogen-bond donors (Lipinski definition) is 2. The van der Waals surface area contributed by atoms with Crippen LogP contribution < -0.4 is 5.73 Å². The number of hydrogen-bond acceptors (Lipinski definition) is 5. The predicted molar refractivity (Wildman–Crippen MR) is 72.0 cm³/mol. The van der Waals surface area contributed by atoms with Gasteiger partial charge in [0.15, 0.2) is 17.3 Å². The Morgan fingerprint density at radius 3 is 2.95 bits per heavy atom. The van der Waals surface area contributed by atoms with Gasteiger partial charge >= 0.3 is 0 Å². The summed E-state index contributed by atoms with van der Waals surface area (Å²) >= 11 is 1.24. The van der Waals surface area contributed by atoms with E-state index < -0.39 is 11.6 Å². The molecule has 3 N–H and O–H groups in total. The van der Waals surface area contributed by atoms with E-state index in [2.05, 4.69) is 19.9 Å². The first kappa shape index (κ1) is 12.8. The number of H-pyrrole nitrogens is 1. The molecule has 20 heavy (non-hydrogen) atoms. The minimum atomic E-state index is -0.864. The molecule has 1 aromatic carbocycles. The average molecular weight is 293 g/mol. The van der Waals surface area contributed by atoms with Crippen molar-refractivity contribution in [1.29, 1.82) is 0 Å². The fraction of sp³-hybridized carbons (Fsp3) is 0.0833. The number of fused-ring (bicyclic) bond motifs is 1. The van der Waals surface area contributed by atoms with Gasteiger partial charge in [0, 0.05) is 11.3 Å². The second-order valence-corrected chi connectivity index (χ2v) is 4.95. The predicted octanol–water partition coefficient (Wildman–Crippen LogP) is 2.51. The quantitative estimate of drug-likeness (QED) is 0.573. The number of halogens is 2. The lowest BCUT2D eigenvalue weighted by Crippen LogP contribution is -1.98. The largest absolute Gasteiger partial charge is 0.368 e. The lowest BCUT2D eigenvalue weighted by Gasteiger charge is -2.05. The van der Waals surface area contributed by atoms with Gasteiger partial charge in [-0.05, 0) is 6.07 Å². The van der Waals surface area contributed by atoms with Gasteiger partial charge in [-0.25, -0.2) is 18.7 Å².